The number of nitriles is 3. The van der Waals surface area contributed by atoms with Gasteiger partial charge in [-0.25, -0.2) is 0 Å². The largest absolute Gasteiger partial charge is 0.457 e. The number of hydrogen-bond acceptors (Lipinski definition) is 7. The van der Waals surface area contributed by atoms with Crippen LogP contribution in [0.5, 0.6) is 11.5 Å². The number of allylic oxidation sites excluding steroid dienone is 2. The lowest BCUT2D eigenvalue weighted by Gasteiger charge is -2.09. The Kier molecular flexibility index (Phi) is 5.51. The molecule has 0 saturated carbocycles. The van der Waals surface area contributed by atoms with Crippen molar-refractivity contribution in [1.82, 2.24) is 0 Å². The topological polar surface area (TPSA) is 136 Å². The van der Waals surface area contributed by atoms with Gasteiger partial charge >= 0.3 is 0 Å². The van der Waals surface area contributed by atoms with Crippen molar-refractivity contribution in [3.63, 3.8) is 0 Å². The van der Waals surface area contributed by atoms with Crippen molar-refractivity contribution in [3.05, 3.63) is 69.4 Å². The number of ether oxygens (including phenoxy) is 1. The maximum Gasteiger partial charge on any atom is 0.275 e. The van der Waals surface area contributed by atoms with Gasteiger partial charge in [0, 0.05) is 17.8 Å². The monoisotopic (exact) mass is 345 g/mol. The first kappa shape index (κ1) is 18.0. The van der Waals surface area contributed by atoms with E-state index in [1.54, 1.807) is 30.3 Å². The molecule has 0 saturated heterocycles. The zero-order valence-corrected chi connectivity index (χ0v) is 13.6. The fourth-order valence-corrected chi connectivity index (χ4v) is 1.99. The molecule has 2 rings (SSSR count). The highest BCUT2D eigenvalue weighted by atomic mass is 16.6. The Labute approximate surface area is 148 Å². The molecule has 0 unspecified atom stereocenters. The maximum absolute atomic E-state index is 11.1. The first-order chi connectivity index (χ1) is 12.5. The van der Waals surface area contributed by atoms with Crippen LogP contribution in [0.25, 0.3) is 0 Å². The van der Waals surface area contributed by atoms with Gasteiger partial charge in [0.25, 0.3) is 5.69 Å². The molecular formula is C18H11N5O3. The van der Waals surface area contributed by atoms with E-state index in [1.165, 1.54) is 18.2 Å². The van der Waals surface area contributed by atoms with Crippen LogP contribution in [0.2, 0.25) is 0 Å². The third kappa shape index (κ3) is 4.35. The van der Waals surface area contributed by atoms with Crippen molar-refractivity contribution < 1.29 is 9.66 Å². The van der Waals surface area contributed by atoms with Gasteiger partial charge < -0.3 is 10.1 Å². The van der Waals surface area contributed by atoms with E-state index in [-0.39, 0.29) is 22.8 Å². The lowest BCUT2D eigenvalue weighted by molar-refractivity contribution is -0.384. The molecule has 26 heavy (non-hydrogen) atoms. The lowest BCUT2D eigenvalue weighted by atomic mass is 10.2. The maximum atomic E-state index is 11.1. The van der Waals surface area contributed by atoms with E-state index in [2.05, 4.69) is 5.32 Å². The number of nitrogens with one attached hydrogen (secondary N) is 1. The SMILES string of the molecule is Cc1ccc(Oc2cc(NC(C#N)=C(C#N)C#N)cc([N+](=O)[O-])c2)cc1. The zero-order chi connectivity index (χ0) is 19.1. The zero-order valence-electron chi connectivity index (χ0n) is 13.6. The number of nitrogens with zero attached hydrogens (tertiary/aromatic N) is 4. The molecule has 8 heteroatoms. The number of rotatable bonds is 5. The molecule has 0 aliphatic heterocycles. The van der Waals surface area contributed by atoms with Crippen molar-refractivity contribution in [2.45, 2.75) is 6.92 Å². The smallest absolute Gasteiger partial charge is 0.275 e. The Morgan fingerprint density at radius 2 is 1.69 bits per heavy atom. The summed E-state index contributed by atoms with van der Waals surface area (Å²) in [4.78, 5) is 10.5. The summed E-state index contributed by atoms with van der Waals surface area (Å²) in [6.45, 7) is 1.91. The first-order valence-corrected chi connectivity index (χ1v) is 7.22. The van der Waals surface area contributed by atoms with E-state index >= 15 is 0 Å². The molecule has 2 aromatic rings. The Balaban J connectivity index is 2.43. The van der Waals surface area contributed by atoms with Gasteiger partial charge in [0.15, 0.2) is 5.57 Å². The van der Waals surface area contributed by atoms with Crippen molar-refractivity contribution in [2.24, 2.45) is 0 Å². The summed E-state index contributed by atoms with van der Waals surface area (Å²) in [6, 6.07) is 15.8. The minimum atomic E-state index is -0.613. The van der Waals surface area contributed by atoms with E-state index in [1.807, 2.05) is 19.1 Å². The fraction of sp³-hybridized carbons (Fsp3) is 0.0556. The molecule has 1 N–H and O–H groups in total. The minimum absolute atomic E-state index is 0.140. The second-order valence-corrected chi connectivity index (χ2v) is 5.10. The molecule has 0 radical (unpaired) electrons. The Morgan fingerprint density at radius 1 is 1.04 bits per heavy atom. The Bertz CT molecular complexity index is 989. The molecule has 0 aliphatic rings. The quantitative estimate of drug-likeness (QED) is 0.492. The number of hydrogen-bond donors (Lipinski definition) is 1. The summed E-state index contributed by atoms with van der Waals surface area (Å²) in [5.74, 6) is 0.645. The van der Waals surface area contributed by atoms with Crippen molar-refractivity contribution in [2.75, 3.05) is 5.32 Å². The minimum Gasteiger partial charge on any atom is -0.457 e. The van der Waals surface area contributed by atoms with Crippen LogP contribution in [-0.2, 0) is 0 Å². The summed E-state index contributed by atoms with van der Waals surface area (Å²) >= 11 is 0. The van der Waals surface area contributed by atoms with Gasteiger partial charge in [0.1, 0.15) is 35.4 Å². The first-order valence-electron chi connectivity index (χ1n) is 7.22. The summed E-state index contributed by atoms with van der Waals surface area (Å²) < 4.78 is 5.62. The molecule has 0 heterocycles. The number of nitro groups is 1. The molecule has 0 atom stereocenters. The van der Waals surface area contributed by atoms with Gasteiger partial charge in [-0.05, 0) is 19.1 Å². The van der Waals surface area contributed by atoms with Crippen LogP contribution in [0.1, 0.15) is 5.56 Å². The predicted octanol–water partition coefficient (Wildman–Crippen LogP) is 3.93. The Hall–Kier alpha value is -4.35. The molecule has 0 spiro atoms. The van der Waals surface area contributed by atoms with Crippen LogP contribution in [0.4, 0.5) is 11.4 Å². The van der Waals surface area contributed by atoms with Crippen LogP contribution in [0, 0.1) is 51.0 Å². The summed E-state index contributed by atoms with van der Waals surface area (Å²) in [7, 11) is 0. The van der Waals surface area contributed by atoms with Crippen molar-refractivity contribution >= 4 is 11.4 Å². The van der Waals surface area contributed by atoms with Crippen molar-refractivity contribution in [3.8, 4) is 29.7 Å². The predicted molar refractivity (Wildman–Crippen MR) is 91.8 cm³/mol. The molecule has 0 amide bonds. The number of aryl methyl sites for hydroxylation is 1. The van der Waals surface area contributed by atoms with Gasteiger partial charge in [0.05, 0.1) is 11.0 Å². The molecule has 8 nitrogen and oxygen atoms in total. The van der Waals surface area contributed by atoms with Gasteiger partial charge in [-0.15, -0.1) is 0 Å². The van der Waals surface area contributed by atoms with Crippen LogP contribution >= 0.6 is 0 Å². The number of nitro benzene ring substituents is 1. The molecule has 126 valence electrons. The molecular weight excluding hydrogens is 334 g/mol. The lowest BCUT2D eigenvalue weighted by Crippen LogP contribution is -2.02. The molecule has 0 fully saturated rings. The number of anilines is 1. The van der Waals surface area contributed by atoms with Crippen LogP contribution in [-0.4, -0.2) is 4.92 Å². The average Bonchev–Trinajstić information content (AvgIpc) is 2.63. The van der Waals surface area contributed by atoms with E-state index < -0.39 is 10.5 Å². The van der Waals surface area contributed by atoms with E-state index in [0.717, 1.165) is 5.56 Å². The molecule has 0 aliphatic carbocycles. The van der Waals surface area contributed by atoms with Crippen LogP contribution in [0.15, 0.2) is 53.7 Å². The van der Waals surface area contributed by atoms with Gasteiger partial charge in [0.2, 0.25) is 0 Å². The third-order valence-electron chi connectivity index (χ3n) is 3.21. The number of benzene rings is 2. The highest BCUT2D eigenvalue weighted by Crippen LogP contribution is 2.30. The second kappa shape index (κ2) is 7.96. The van der Waals surface area contributed by atoms with Crippen molar-refractivity contribution in [1.29, 1.82) is 15.8 Å². The summed E-state index contributed by atoms with van der Waals surface area (Å²) in [5, 5.41) is 40.5. The van der Waals surface area contributed by atoms with E-state index in [9.17, 15) is 10.1 Å². The van der Waals surface area contributed by atoms with Gasteiger partial charge in [-0.2, -0.15) is 15.8 Å². The summed E-state index contributed by atoms with van der Waals surface area (Å²) in [5.41, 5.74) is 0.158. The molecule has 0 aromatic heterocycles. The highest BCUT2D eigenvalue weighted by molar-refractivity contribution is 5.63. The normalized spacial score (nSPS) is 9.15. The summed E-state index contributed by atoms with van der Waals surface area (Å²) in [6.07, 6.45) is 0. The van der Waals surface area contributed by atoms with Crippen LogP contribution in [0.3, 0.4) is 0 Å². The molecule has 0 bridgehead atoms. The van der Waals surface area contributed by atoms with Gasteiger partial charge in [-0.1, -0.05) is 17.7 Å². The molecule has 2 aromatic carbocycles. The van der Waals surface area contributed by atoms with Gasteiger partial charge in [-0.3, -0.25) is 10.1 Å². The second-order valence-electron chi connectivity index (χ2n) is 5.10. The average molecular weight is 345 g/mol. The number of non-ortho nitro benzene ring substituents is 1. The fourth-order valence-electron chi connectivity index (χ4n) is 1.99. The van der Waals surface area contributed by atoms with Crippen LogP contribution < -0.4 is 10.1 Å². The highest BCUT2D eigenvalue weighted by Gasteiger charge is 2.14. The Morgan fingerprint density at radius 3 is 2.23 bits per heavy atom. The van der Waals surface area contributed by atoms with E-state index in [4.69, 9.17) is 20.5 Å². The van der Waals surface area contributed by atoms with E-state index in [0.29, 0.717) is 5.75 Å². The standard InChI is InChI=1S/C18H11N5O3/c1-12-2-4-16(5-3-12)26-17-7-14(6-15(8-17)23(24)25)22-18(11-21)13(9-19)10-20/h2-8,22H,1H3. The third-order valence-corrected chi connectivity index (χ3v) is 3.21.